The normalized spacial score (nSPS) is 25.3. The summed E-state index contributed by atoms with van der Waals surface area (Å²) in [6, 6.07) is 12.5. The van der Waals surface area contributed by atoms with Crippen LogP contribution in [0.2, 0.25) is 0 Å². The van der Waals surface area contributed by atoms with Gasteiger partial charge in [0.05, 0.1) is 24.6 Å². The molecule has 3 heterocycles. The van der Waals surface area contributed by atoms with Gasteiger partial charge in [-0.1, -0.05) is 12.1 Å². The van der Waals surface area contributed by atoms with Crippen LogP contribution in [0, 0.1) is 11.8 Å². The van der Waals surface area contributed by atoms with E-state index < -0.39 is 10.0 Å². The number of hydrogen-bond donors (Lipinski definition) is 1. The molecule has 2 fully saturated rings. The van der Waals surface area contributed by atoms with Crippen LogP contribution < -0.4 is 9.62 Å². The Kier molecular flexibility index (Phi) is 7.60. The third-order valence-electron chi connectivity index (χ3n) is 7.85. The number of aryl methyl sites for hydroxylation is 1. The van der Waals surface area contributed by atoms with Crippen LogP contribution in [0.25, 0.3) is 10.9 Å². The fourth-order valence-corrected chi connectivity index (χ4v) is 6.72. The zero-order valence-corrected chi connectivity index (χ0v) is 22.0. The fraction of sp³-hybridized carbons (Fsp3) is 0.556. The van der Waals surface area contributed by atoms with E-state index in [9.17, 15) is 8.42 Å². The lowest BCUT2D eigenvalue weighted by atomic mass is 9.79. The van der Waals surface area contributed by atoms with E-state index in [0.717, 1.165) is 44.8 Å². The van der Waals surface area contributed by atoms with Crippen molar-refractivity contribution in [3.63, 3.8) is 0 Å². The van der Waals surface area contributed by atoms with Gasteiger partial charge in [-0.3, -0.25) is 4.68 Å². The van der Waals surface area contributed by atoms with E-state index in [-0.39, 0.29) is 12.0 Å². The molecule has 36 heavy (non-hydrogen) atoms. The number of piperidine rings is 1. The summed E-state index contributed by atoms with van der Waals surface area (Å²) in [7, 11) is -1.29. The topological polar surface area (TPSA) is 89.3 Å². The minimum absolute atomic E-state index is 0.0815. The van der Waals surface area contributed by atoms with E-state index in [1.165, 1.54) is 35.6 Å². The molecule has 1 saturated carbocycles. The lowest BCUT2D eigenvalue weighted by Gasteiger charge is -2.39. The van der Waals surface area contributed by atoms with E-state index in [1.807, 2.05) is 36.1 Å². The highest BCUT2D eigenvalue weighted by Crippen LogP contribution is 2.37. The zero-order valence-electron chi connectivity index (χ0n) is 21.2. The molecule has 2 aliphatic rings. The average Bonchev–Trinajstić information content (AvgIpc) is 3.25. The van der Waals surface area contributed by atoms with Crippen molar-refractivity contribution in [3.05, 3.63) is 54.4 Å². The Hall–Kier alpha value is -2.49. The zero-order chi connectivity index (χ0) is 25.1. The van der Waals surface area contributed by atoms with Crippen LogP contribution >= 0.6 is 0 Å². The highest BCUT2D eigenvalue weighted by atomic mass is 32.2. The molecule has 0 amide bonds. The molecule has 2 atom stereocenters. The molecule has 1 aromatic carbocycles. The Labute approximate surface area is 214 Å². The van der Waals surface area contributed by atoms with Crippen LogP contribution in [-0.2, 0) is 21.8 Å². The Balaban J connectivity index is 1.13. The first-order valence-corrected chi connectivity index (χ1v) is 14.9. The first kappa shape index (κ1) is 25.2. The maximum atomic E-state index is 12.0. The summed E-state index contributed by atoms with van der Waals surface area (Å²) in [6.07, 6.45) is 10.4. The number of benzene rings is 1. The standard InChI is InChI=1S/C27H37N5O3S/c1-31-26-11-10-22(15-23(26)16-29-31)21-8-6-20(7-9-21)18-35-19-24-17-32(27-5-3-4-13-28-27)14-12-25(24)30-36(2,33)34/h3-5,10-11,13,15-16,20-21,24-25,30H,6-9,12,14,17-19H2,1-2H3/t20?,21?,24-,25-/m0/s1. The molecule has 0 unspecified atom stereocenters. The molecule has 1 aliphatic carbocycles. The SMILES string of the molecule is Cn1ncc2cc(C3CCC(COC[C@@H]4CN(c5ccccn5)CC[C@@H]4NS(C)(=O)=O)CC3)ccc21. The summed E-state index contributed by atoms with van der Waals surface area (Å²) < 4.78 is 34.9. The molecule has 1 N–H and O–H groups in total. The average molecular weight is 512 g/mol. The molecule has 9 heteroatoms. The number of aromatic nitrogens is 3. The van der Waals surface area contributed by atoms with Gasteiger partial charge in [0, 0.05) is 50.3 Å². The molecule has 1 saturated heterocycles. The minimum Gasteiger partial charge on any atom is -0.381 e. The van der Waals surface area contributed by atoms with Crippen LogP contribution in [0.4, 0.5) is 5.82 Å². The summed E-state index contributed by atoms with van der Waals surface area (Å²) in [5, 5.41) is 5.58. The highest BCUT2D eigenvalue weighted by molar-refractivity contribution is 7.88. The Bertz CT molecular complexity index is 1250. The highest BCUT2D eigenvalue weighted by Gasteiger charge is 2.32. The van der Waals surface area contributed by atoms with Gasteiger partial charge in [-0.15, -0.1) is 0 Å². The third-order valence-corrected chi connectivity index (χ3v) is 8.58. The van der Waals surface area contributed by atoms with Crippen LogP contribution in [0.3, 0.4) is 0 Å². The third kappa shape index (κ3) is 6.07. The monoisotopic (exact) mass is 511 g/mol. The Morgan fingerprint density at radius 1 is 1.08 bits per heavy atom. The maximum absolute atomic E-state index is 12.0. The molecule has 194 valence electrons. The van der Waals surface area contributed by atoms with Crippen LogP contribution in [-0.4, -0.2) is 61.8 Å². The van der Waals surface area contributed by atoms with Crippen LogP contribution in [0.5, 0.6) is 0 Å². The summed E-state index contributed by atoms with van der Waals surface area (Å²) in [4.78, 5) is 6.72. The smallest absolute Gasteiger partial charge is 0.208 e. The van der Waals surface area contributed by atoms with E-state index in [0.29, 0.717) is 18.4 Å². The summed E-state index contributed by atoms with van der Waals surface area (Å²) >= 11 is 0. The second kappa shape index (κ2) is 10.9. The molecular weight excluding hydrogens is 474 g/mol. The number of ether oxygens (including phenoxy) is 1. The van der Waals surface area contributed by atoms with Gasteiger partial charge < -0.3 is 9.64 Å². The van der Waals surface area contributed by atoms with Gasteiger partial charge >= 0.3 is 0 Å². The first-order chi connectivity index (χ1) is 17.4. The van der Waals surface area contributed by atoms with E-state index in [4.69, 9.17) is 4.74 Å². The Morgan fingerprint density at radius 3 is 2.67 bits per heavy atom. The predicted molar refractivity (Wildman–Crippen MR) is 143 cm³/mol. The number of nitrogens with zero attached hydrogens (tertiary/aromatic N) is 4. The molecule has 2 aromatic heterocycles. The van der Waals surface area contributed by atoms with Crippen molar-refractivity contribution in [2.24, 2.45) is 18.9 Å². The van der Waals surface area contributed by atoms with Gasteiger partial charge in [0.1, 0.15) is 5.82 Å². The minimum atomic E-state index is -3.27. The van der Waals surface area contributed by atoms with Gasteiger partial charge in [-0.05, 0) is 73.8 Å². The van der Waals surface area contributed by atoms with Gasteiger partial charge in [-0.25, -0.2) is 18.1 Å². The number of nitrogens with one attached hydrogen (secondary N) is 1. The van der Waals surface area contributed by atoms with Gasteiger partial charge in [-0.2, -0.15) is 5.10 Å². The quantitative estimate of drug-likeness (QED) is 0.496. The lowest BCUT2D eigenvalue weighted by Crippen LogP contribution is -2.52. The van der Waals surface area contributed by atoms with Crippen molar-refractivity contribution in [3.8, 4) is 0 Å². The summed E-state index contributed by atoms with van der Waals surface area (Å²) in [5.74, 6) is 2.17. The summed E-state index contributed by atoms with van der Waals surface area (Å²) in [5.41, 5.74) is 2.59. The molecule has 0 radical (unpaired) electrons. The number of rotatable bonds is 8. The molecule has 3 aromatic rings. The van der Waals surface area contributed by atoms with Crippen molar-refractivity contribution in [2.45, 2.75) is 44.1 Å². The van der Waals surface area contributed by atoms with Crippen LogP contribution in [0.15, 0.2) is 48.8 Å². The van der Waals surface area contributed by atoms with E-state index in [1.54, 1.807) is 6.20 Å². The number of sulfonamides is 1. The van der Waals surface area contributed by atoms with Crippen molar-refractivity contribution < 1.29 is 13.2 Å². The van der Waals surface area contributed by atoms with Gasteiger partial charge in [0.25, 0.3) is 0 Å². The van der Waals surface area contributed by atoms with Crippen molar-refractivity contribution >= 4 is 26.7 Å². The lowest BCUT2D eigenvalue weighted by molar-refractivity contribution is 0.0482. The largest absolute Gasteiger partial charge is 0.381 e. The second-order valence-electron chi connectivity index (χ2n) is 10.5. The molecular formula is C27H37N5O3S. The molecule has 1 aliphatic heterocycles. The number of fused-ring (bicyclic) bond motifs is 1. The van der Waals surface area contributed by atoms with E-state index in [2.05, 4.69) is 37.9 Å². The molecule has 8 nitrogen and oxygen atoms in total. The Morgan fingerprint density at radius 2 is 1.92 bits per heavy atom. The number of pyridine rings is 1. The molecule has 0 bridgehead atoms. The van der Waals surface area contributed by atoms with Gasteiger partial charge in [0.15, 0.2) is 0 Å². The number of hydrogen-bond acceptors (Lipinski definition) is 6. The summed E-state index contributed by atoms with van der Waals surface area (Å²) in [6.45, 7) is 2.79. The van der Waals surface area contributed by atoms with E-state index >= 15 is 0 Å². The number of anilines is 1. The second-order valence-corrected chi connectivity index (χ2v) is 12.3. The fourth-order valence-electron chi connectivity index (χ4n) is 5.86. The van der Waals surface area contributed by atoms with Gasteiger partial charge in [0.2, 0.25) is 10.0 Å². The van der Waals surface area contributed by atoms with Crippen molar-refractivity contribution in [1.82, 2.24) is 19.5 Å². The van der Waals surface area contributed by atoms with Crippen molar-refractivity contribution in [2.75, 3.05) is 37.5 Å². The molecule has 0 spiro atoms. The first-order valence-electron chi connectivity index (χ1n) is 13.0. The van der Waals surface area contributed by atoms with Crippen LogP contribution in [0.1, 0.15) is 43.6 Å². The maximum Gasteiger partial charge on any atom is 0.208 e. The predicted octanol–water partition coefficient (Wildman–Crippen LogP) is 3.70. The van der Waals surface area contributed by atoms with Crippen molar-refractivity contribution in [1.29, 1.82) is 0 Å². The molecule has 5 rings (SSSR count).